The fraction of sp³-hybridized carbons (Fsp3) is 0.568. The van der Waals surface area contributed by atoms with Gasteiger partial charge in [-0.25, -0.2) is 17.9 Å². The van der Waals surface area contributed by atoms with E-state index in [0.29, 0.717) is 31.2 Å². The normalized spacial score (nSPS) is 18.4. The molecule has 0 bridgehead atoms. The molecule has 2 aromatic carbocycles. The van der Waals surface area contributed by atoms with Crippen LogP contribution in [0, 0.1) is 5.92 Å². The molecule has 7 amide bonds. The Morgan fingerprint density at radius 2 is 1.50 bits per heavy atom. The molecule has 0 radical (unpaired) electrons. The van der Waals surface area contributed by atoms with E-state index in [1.807, 2.05) is 6.92 Å². The van der Waals surface area contributed by atoms with E-state index in [-0.39, 0.29) is 30.2 Å². The number of carbonyl (C=O) groups is 7. The minimum atomic E-state index is -4.11. The first-order chi connectivity index (χ1) is 29.2. The number of Topliss-reactive ketones (excluding diaryl/α,β-unsaturated/α-hetero) is 1. The lowest BCUT2D eigenvalue weighted by atomic mass is 9.83. The zero-order valence-electron chi connectivity index (χ0n) is 36.9. The molecule has 2 aliphatic rings. The van der Waals surface area contributed by atoms with Gasteiger partial charge in [0.2, 0.25) is 39.4 Å². The predicted molar refractivity (Wildman–Crippen MR) is 233 cm³/mol. The Morgan fingerprint density at radius 3 is 2.08 bits per heavy atom. The van der Waals surface area contributed by atoms with E-state index in [0.717, 1.165) is 24.8 Å². The molecule has 6 N–H and O–H groups in total. The number of nitrogens with one attached hydrogen (secondary N) is 6. The predicted octanol–water partition coefficient (Wildman–Crippen LogP) is 2.46. The van der Waals surface area contributed by atoms with E-state index < -0.39 is 93.7 Å². The smallest absolute Gasteiger partial charge is 0.315 e. The van der Waals surface area contributed by atoms with Gasteiger partial charge >= 0.3 is 6.03 Å². The van der Waals surface area contributed by atoms with Crippen LogP contribution < -0.4 is 31.3 Å². The molecule has 1 saturated carbocycles. The summed E-state index contributed by atoms with van der Waals surface area (Å²) in [7, 11) is -1.03. The van der Waals surface area contributed by atoms with Crippen LogP contribution in [0.5, 0.6) is 0 Å². The average Bonchev–Trinajstić information content (AvgIpc) is 3.66. The van der Waals surface area contributed by atoms with Crippen molar-refractivity contribution in [3.05, 3.63) is 65.7 Å². The number of hydrogen-bond acceptors (Lipinski definition) is 9. The summed E-state index contributed by atoms with van der Waals surface area (Å²) in [5, 5.41) is 13.2. The maximum atomic E-state index is 14.7. The van der Waals surface area contributed by atoms with Crippen LogP contribution in [-0.2, 0) is 45.2 Å². The van der Waals surface area contributed by atoms with Crippen LogP contribution in [0.1, 0.15) is 103 Å². The lowest BCUT2D eigenvalue weighted by molar-refractivity contribution is -0.143. The van der Waals surface area contributed by atoms with Crippen molar-refractivity contribution in [2.75, 3.05) is 27.2 Å². The molecule has 5 atom stereocenters. The number of amides is 7. The molecule has 1 heterocycles. The van der Waals surface area contributed by atoms with Crippen LogP contribution >= 0.6 is 0 Å². The van der Waals surface area contributed by atoms with Crippen molar-refractivity contribution in [1.82, 2.24) is 41.1 Å². The number of aryl methyl sites for hydroxylation is 1. The number of rotatable bonds is 18. The summed E-state index contributed by atoms with van der Waals surface area (Å²) in [6.07, 6.45) is 4.89. The number of sulfonamides is 1. The van der Waals surface area contributed by atoms with Crippen LogP contribution in [0.3, 0.4) is 0 Å². The largest absolute Gasteiger partial charge is 0.347 e. The minimum Gasteiger partial charge on any atom is -0.347 e. The van der Waals surface area contributed by atoms with Gasteiger partial charge in [0.1, 0.15) is 18.1 Å². The van der Waals surface area contributed by atoms with Crippen LogP contribution in [0.2, 0.25) is 0 Å². The third-order valence-electron chi connectivity index (χ3n) is 11.0. The standard InChI is InChI=1S/C44H64N8O9S/c1-8-16-33(38(54)40(56)45-26-35(53)47-36(41(57)51(6)7)29-17-12-10-13-18-29)46-39(55)34-25-31(50-62(60,61)32-23-21-28(9-2)22-24-32)27-52(34)42(58)37(30-19-14-11-15-20-30)48-43(59)49-44(3,4)5/h10,12-13,17-18,21-24,30-31,33-34,36-37,50H,8-9,11,14-16,19-20,25-27H2,1-7H3,(H,45,56)(H,46,55)(H,47,53)(H2,48,49,59). The molecular formula is C44H64N8O9S. The molecule has 2 aromatic rings. The maximum Gasteiger partial charge on any atom is 0.315 e. The maximum absolute atomic E-state index is 14.7. The molecule has 2 fully saturated rings. The van der Waals surface area contributed by atoms with Crippen molar-refractivity contribution >= 4 is 51.4 Å². The quantitative estimate of drug-likeness (QED) is 0.121. The second-order valence-electron chi connectivity index (χ2n) is 17.3. The van der Waals surface area contributed by atoms with E-state index in [1.54, 1.807) is 70.2 Å². The third kappa shape index (κ3) is 13.8. The number of carbonyl (C=O) groups excluding carboxylic acids is 7. The summed E-state index contributed by atoms with van der Waals surface area (Å²) in [4.78, 5) is 97.6. The Hall–Kier alpha value is -5.36. The van der Waals surface area contributed by atoms with Crippen molar-refractivity contribution in [1.29, 1.82) is 0 Å². The summed E-state index contributed by atoms with van der Waals surface area (Å²) in [5.41, 5.74) is 0.837. The summed E-state index contributed by atoms with van der Waals surface area (Å²) in [5.74, 6) is -4.96. The Bertz CT molecular complexity index is 2020. The molecule has 0 spiro atoms. The number of ketones is 1. The lowest BCUT2D eigenvalue weighted by Crippen LogP contribution is -2.60. The van der Waals surface area contributed by atoms with Gasteiger partial charge in [0.25, 0.3) is 5.91 Å². The second kappa shape index (κ2) is 22.1. The van der Waals surface area contributed by atoms with Crippen LogP contribution in [0.15, 0.2) is 59.5 Å². The highest BCUT2D eigenvalue weighted by molar-refractivity contribution is 7.89. The number of likely N-dealkylation sites (N-methyl/N-ethyl adjacent to an activating group) is 1. The van der Waals surface area contributed by atoms with Gasteiger partial charge in [0.15, 0.2) is 0 Å². The van der Waals surface area contributed by atoms with Crippen molar-refractivity contribution in [3.8, 4) is 0 Å². The summed E-state index contributed by atoms with van der Waals surface area (Å²) in [6, 6.07) is 8.68. The lowest BCUT2D eigenvalue weighted by Gasteiger charge is -2.35. The van der Waals surface area contributed by atoms with E-state index in [9.17, 15) is 42.0 Å². The molecule has 1 saturated heterocycles. The molecule has 1 aliphatic heterocycles. The highest BCUT2D eigenvalue weighted by Gasteiger charge is 2.46. The van der Waals surface area contributed by atoms with Gasteiger partial charge < -0.3 is 36.4 Å². The molecule has 18 heteroatoms. The van der Waals surface area contributed by atoms with Gasteiger partial charge in [0.05, 0.1) is 17.5 Å². The molecule has 1 aliphatic carbocycles. The molecule has 4 rings (SSSR count). The zero-order chi connectivity index (χ0) is 45.8. The Labute approximate surface area is 365 Å². The first-order valence-corrected chi connectivity index (χ1v) is 22.9. The van der Waals surface area contributed by atoms with Gasteiger partial charge in [0, 0.05) is 32.2 Å². The number of nitrogens with zero attached hydrogens (tertiary/aromatic N) is 2. The van der Waals surface area contributed by atoms with E-state index in [1.165, 1.54) is 36.0 Å². The molecule has 0 aromatic heterocycles. The first kappa shape index (κ1) is 49.3. The number of urea groups is 1. The average molecular weight is 881 g/mol. The Balaban J connectivity index is 1.56. The number of likely N-dealkylation sites (tertiary alicyclic amines) is 1. The minimum absolute atomic E-state index is 0.00858. The monoisotopic (exact) mass is 880 g/mol. The Morgan fingerprint density at radius 1 is 0.855 bits per heavy atom. The third-order valence-corrected chi connectivity index (χ3v) is 12.5. The number of benzene rings is 2. The first-order valence-electron chi connectivity index (χ1n) is 21.4. The van der Waals surface area contributed by atoms with Crippen molar-refractivity contribution in [3.63, 3.8) is 0 Å². The van der Waals surface area contributed by atoms with Gasteiger partial charge in [-0.15, -0.1) is 0 Å². The SMILES string of the molecule is CCCC(NC(=O)C1CC(NS(=O)(=O)c2ccc(CC)cc2)CN1C(=O)C(NC(=O)NC(C)(C)C)C1CCCCC1)C(=O)C(=O)NCC(=O)NC(C(=O)N(C)C)c1ccccc1. The number of hydrogen-bond donors (Lipinski definition) is 6. The van der Waals surface area contributed by atoms with Crippen LogP contribution in [0.4, 0.5) is 4.79 Å². The highest BCUT2D eigenvalue weighted by atomic mass is 32.2. The second-order valence-corrected chi connectivity index (χ2v) is 19.0. The highest BCUT2D eigenvalue weighted by Crippen LogP contribution is 2.30. The topological polar surface area (TPSA) is 232 Å². The molecule has 17 nitrogen and oxygen atoms in total. The van der Waals surface area contributed by atoms with E-state index in [4.69, 9.17) is 0 Å². The summed E-state index contributed by atoms with van der Waals surface area (Å²) >= 11 is 0. The van der Waals surface area contributed by atoms with Crippen molar-refractivity contribution < 1.29 is 42.0 Å². The van der Waals surface area contributed by atoms with Crippen LogP contribution in [-0.4, -0.2) is 116 Å². The molecule has 62 heavy (non-hydrogen) atoms. The fourth-order valence-corrected chi connectivity index (χ4v) is 9.03. The summed E-state index contributed by atoms with van der Waals surface area (Å²) < 4.78 is 29.9. The van der Waals surface area contributed by atoms with Gasteiger partial charge in [-0.1, -0.05) is 82.0 Å². The molecule has 340 valence electrons. The Kier molecular flexibility index (Phi) is 17.6. The van der Waals surface area contributed by atoms with Gasteiger partial charge in [-0.2, -0.15) is 0 Å². The van der Waals surface area contributed by atoms with Gasteiger partial charge in [-0.3, -0.25) is 28.8 Å². The van der Waals surface area contributed by atoms with Crippen molar-refractivity contribution in [2.24, 2.45) is 5.92 Å². The van der Waals surface area contributed by atoms with Gasteiger partial charge in [-0.05, 0) is 82.1 Å². The summed E-state index contributed by atoms with van der Waals surface area (Å²) in [6.45, 7) is 8.24. The zero-order valence-corrected chi connectivity index (χ0v) is 37.7. The molecule has 5 unspecified atom stereocenters. The van der Waals surface area contributed by atoms with E-state index >= 15 is 0 Å². The van der Waals surface area contributed by atoms with E-state index in [2.05, 4.69) is 31.3 Å². The van der Waals surface area contributed by atoms with Crippen LogP contribution in [0.25, 0.3) is 0 Å². The fourth-order valence-electron chi connectivity index (χ4n) is 7.79. The molecular weight excluding hydrogens is 817 g/mol. The van der Waals surface area contributed by atoms with Crippen molar-refractivity contribution in [2.45, 2.75) is 133 Å².